The highest BCUT2D eigenvalue weighted by molar-refractivity contribution is 9.10. The molecule has 0 saturated heterocycles. The van der Waals surface area contributed by atoms with E-state index in [9.17, 15) is 4.79 Å². The summed E-state index contributed by atoms with van der Waals surface area (Å²) in [7, 11) is 0. The second-order valence-electron chi connectivity index (χ2n) is 5.31. The van der Waals surface area contributed by atoms with Crippen molar-refractivity contribution in [2.24, 2.45) is 5.92 Å². The van der Waals surface area contributed by atoms with E-state index in [1.807, 2.05) is 6.07 Å². The number of anilines is 1. The Morgan fingerprint density at radius 2 is 2.05 bits per heavy atom. The van der Waals surface area contributed by atoms with Gasteiger partial charge in [0.15, 0.2) is 0 Å². The molecule has 1 fully saturated rings. The molecular weight excluding hydrogens is 304 g/mol. The maximum atomic E-state index is 12.2. The molecule has 1 amide bonds. The molecule has 0 aliphatic heterocycles. The van der Waals surface area contributed by atoms with E-state index >= 15 is 0 Å². The van der Waals surface area contributed by atoms with E-state index in [2.05, 4.69) is 28.2 Å². The summed E-state index contributed by atoms with van der Waals surface area (Å²) in [6.07, 6.45) is 5.87. The Hall–Kier alpha value is -1.03. The zero-order valence-electron chi connectivity index (χ0n) is 11.3. The van der Waals surface area contributed by atoms with E-state index in [0.717, 1.165) is 18.8 Å². The Morgan fingerprint density at radius 1 is 1.37 bits per heavy atom. The summed E-state index contributed by atoms with van der Waals surface area (Å²) in [5.41, 5.74) is 7.02. The number of carbonyl (C=O) groups excluding carboxylic acids is 1. The molecule has 2 rings (SSSR count). The highest BCUT2D eigenvalue weighted by atomic mass is 79.9. The Kier molecular flexibility index (Phi) is 4.86. The van der Waals surface area contributed by atoms with Crippen molar-refractivity contribution in [2.45, 2.75) is 45.1 Å². The molecule has 1 aliphatic rings. The molecule has 104 valence electrons. The Bertz CT molecular complexity index is 453. The molecule has 0 unspecified atom stereocenters. The molecule has 1 saturated carbocycles. The number of hydrogen-bond donors (Lipinski definition) is 2. The monoisotopic (exact) mass is 324 g/mol. The number of benzene rings is 1. The molecule has 0 aromatic heterocycles. The molecule has 19 heavy (non-hydrogen) atoms. The van der Waals surface area contributed by atoms with Crippen molar-refractivity contribution in [3.8, 4) is 0 Å². The Balaban J connectivity index is 1.96. The van der Waals surface area contributed by atoms with Crippen LogP contribution in [-0.2, 0) is 0 Å². The van der Waals surface area contributed by atoms with Gasteiger partial charge in [-0.05, 0) is 59.7 Å². The minimum absolute atomic E-state index is 0.0286. The quantitative estimate of drug-likeness (QED) is 0.832. The minimum Gasteiger partial charge on any atom is -0.398 e. The fourth-order valence-corrected chi connectivity index (χ4v) is 3.15. The standard InChI is InChI=1S/C15H21BrN2O/c1-2-10-6-8-11(9-7-10)18-15(19)12-4-3-5-13(17)14(12)16/h3-5,10-11H,2,6-9,17H2,1H3,(H,18,19). The zero-order chi connectivity index (χ0) is 13.8. The van der Waals surface area contributed by atoms with Gasteiger partial charge in [-0.1, -0.05) is 19.4 Å². The van der Waals surface area contributed by atoms with Crippen LogP contribution in [0.15, 0.2) is 22.7 Å². The number of carbonyl (C=O) groups is 1. The van der Waals surface area contributed by atoms with Crippen molar-refractivity contribution < 1.29 is 4.79 Å². The lowest BCUT2D eigenvalue weighted by atomic mass is 9.84. The van der Waals surface area contributed by atoms with Crippen LogP contribution in [0.3, 0.4) is 0 Å². The lowest BCUT2D eigenvalue weighted by Gasteiger charge is -2.28. The fourth-order valence-electron chi connectivity index (χ4n) is 2.70. The predicted octanol–water partition coefficient (Wildman–Crippen LogP) is 3.73. The van der Waals surface area contributed by atoms with Crippen molar-refractivity contribution in [3.05, 3.63) is 28.2 Å². The SMILES string of the molecule is CCC1CCC(NC(=O)c2cccc(N)c2Br)CC1. The second-order valence-corrected chi connectivity index (χ2v) is 6.10. The van der Waals surface area contributed by atoms with Crippen LogP contribution in [0.5, 0.6) is 0 Å². The van der Waals surface area contributed by atoms with E-state index in [4.69, 9.17) is 5.73 Å². The summed E-state index contributed by atoms with van der Waals surface area (Å²) in [5.74, 6) is 0.811. The molecular formula is C15H21BrN2O. The molecule has 0 bridgehead atoms. The van der Waals surface area contributed by atoms with Crippen LogP contribution < -0.4 is 11.1 Å². The third-order valence-electron chi connectivity index (χ3n) is 4.03. The third kappa shape index (κ3) is 3.50. The minimum atomic E-state index is -0.0286. The number of nitrogens with two attached hydrogens (primary N) is 1. The number of halogens is 1. The van der Waals surface area contributed by atoms with Crippen LogP contribution in [0, 0.1) is 5.92 Å². The molecule has 3 N–H and O–H groups in total. The number of hydrogen-bond acceptors (Lipinski definition) is 2. The van der Waals surface area contributed by atoms with E-state index in [-0.39, 0.29) is 5.91 Å². The number of amides is 1. The first-order valence-electron chi connectivity index (χ1n) is 6.96. The molecule has 1 aromatic rings. The maximum Gasteiger partial charge on any atom is 0.252 e. The van der Waals surface area contributed by atoms with Crippen molar-refractivity contribution in [1.82, 2.24) is 5.32 Å². The van der Waals surface area contributed by atoms with Gasteiger partial charge in [-0.2, -0.15) is 0 Å². The predicted molar refractivity (Wildman–Crippen MR) is 82.1 cm³/mol. The average molecular weight is 325 g/mol. The zero-order valence-corrected chi connectivity index (χ0v) is 12.9. The first kappa shape index (κ1) is 14.4. The van der Waals surface area contributed by atoms with Gasteiger partial charge < -0.3 is 11.1 Å². The van der Waals surface area contributed by atoms with Crippen LogP contribution in [0.25, 0.3) is 0 Å². The molecule has 0 atom stereocenters. The topological polar surface area (TPSA) is 55.1 Å². The van der Waals surface area contributed by atoms with Crippen molar-refractivity contribution in [2.75, 3.05) is 5.73 Å². The maximum absolute atomic E-state index is 12.2. The highest BCUT2D eigenvalue weighted by Crippen LogP contribution is 2.28. The first-order valence-corrected chi connectivity index (χ1v) is 7.76. The van der Waals surface area contributed by atoms with Gasteiger partial charge in [0.2, 0.25) is 0 Å². The van der Waals surface area contributed by atoms with Crippen molar-refractivity contribution >= 4 is 27.5 Å². The van der Waals surface area contributed by atoms with Crippen molar-refractivity contribution in [1.29, 1.82) is 0 Å². The van der Waals surface area contributed by atoms with Gasteiger partial charge >= 0.3 is 0 Å². The van der Waals surface area contributed by atoms with Crippen LogP contribution in [0.2, 0.25) is 0 Å². The van der Waals surface area contributed by atoms with Gasteiger partial charge in [0.1, 0.15) is 0 Å². The van der Waals surface area contributed by atoms with Gasteiger partial charge in [0, 0.05) is 11.7 Å². The lowest BCUT2D eigenvalue weighted by molar-refractivity contribution is 0.0921. The van der Waals surface area contributed by atoms with Crippen LogP contribution >= 0.6 is 15.9 Å². The Morgan fingerprint density at radius 3 is 2.68 bits per heavy atom. The van der Waals surface area contributed by atoms with E-state index in [1.165, 1.54) is 19.3 Å². The molecule has 0 spiro atoms. The second kappa shape index (κ2) is 6.42. The summed E-state index contributed by atoms with van der Waals surface area (Å²) in [6.45, 7) is 2.24. The molecule has 0 radical (unpaired) electrons. The fraction of sp³-hybridized carbons (Fsp3) is 0.533. The number of rotatable bonds is 3. The van der Waals surface area contributed by atoms with E-state index in [0.29, 0.717) is 21.8 Å². The van der Waals surface area contributed by atoms with Gasteiger partial charge in [0.25, 0.3) is 5.91 Å². The smallest absolute Gasteiger partial charge is 0.252 e. The highest BCUT2D eigenvalue weighted by Gasteiger charge is 2.22. The molecule has 3 nitrogen and oxygen atoms in total. The molecule has 1 aromatic carbocycles. The lowest BCUT2D eigenvalue weighted by Crippen LogP contribution is -2.37. The summed E-state index contributed by atoms with van der Waals surface area (Å²) < 4.78 is 0.690. The summed E-state index contributed by atoms with van der Waals surface area (Å²) >= 11 is 3.38. The summed E-state index contributed by atoms with van der Waals surface area (Å²) in [6, 6.07) is 5.70. The van der Waals surface area contributed by atoms with Crippen LogP contribution in [0.4, 0.5) is 5.69 Å². The summed E-state index contributed by atoms with van der Waals surface area (Å²) in [5, 5.41) is 3.12. The normalized spacial score (nSPS) is 23.1. The van der Waals surface area contributed by atoms with Gasteiger partial charge in [-0.25, -0.2) is 0 Å². The molecule has 1 aliphatic carbocycles. The van der Waals surface area contributed by atoms with Gasteiger partial charge in [-0.15, -0.1) is 0 Å². The third-order valence-corrected chi connectivity index (χ3v) is 4.92. The van der Waals surface area contributed by atoms with Gasteiger partial charge in [-0.3, -0.25) is 4.79 Å². The largest absolute Gasteiger partial charge is 0.398 e. The number of nitrogen functional groups attached to an aromatic ring is 1. The molecule has 0 heterocycles. The molecule has 4 heteroatoms. The average Bonchev–Trinajstić information content (AvgIpc) is 2.42. The first-order chi connectivity index (χ1) is 9.11. The van der Waals surface area contributed by atoms with Crippen LogP contribution in [0.1, 0.15) is 49.4 Å². The Labute approximate surface area is 123 Å². The van der Waals surface area contributed by atoms with Crippen molar-refractivity contribution in [3.63, 3.8) is 0 Å². The van der Waals surface area contributed by atoms with E-state index < -0.39 is 0 Å². The number of nitrogens with one attached hydrogen (secondary N) is 1. The van der Waals surface area contributed by atoms with E-state index in [1.54, 1.807) is 12.1 Å². The van der Waals surface area contributed by atoms with Crippen LogP contribution in [-0.4, -0.2) is 11.9 Å². The summed E-state index contributed by atoms with van der Waals surface area (Å²) in [4.78, 5) is 12.2. The van der Waals surface area contributed by atoms with Gasteiger partial charge in [0.05, 0.1) is 10.0 Å².